The van der Waals surface area contributed by atoms with Crippen molar-refractivity contribution in [1.82, 2.24) is 0 Å². The molecule has 1 nitrogen and oxygen atoms in total. The fourth-order valence-electron chi connectivity index (χ4n) is 8.37. The molecule has 0 amide bonds. The van der Waals surface area contributed by atoms with E-state index in [2.05, 4.69) is 161 Å². The highest BCUT2D eigenvalue weighted by atomic mass is 15.1. The molecule has 1 heteroatoms. The smallest absolute Gasteiger partial charge is 0.0468 e. The van der Waals surface area contributed by atoms with Gasteiger partial charge in [0.25, 0.3) is 0 Å². The molecule has 6 aromatic rings. The van der Waals surface area contributed by atoms with Crippen molar-refractivity contribution in [2.24, 2.45) is 0 Å². The van der Waals surface area contributed by atoms with Gasteiger partial charge in [-0.15, -0.1) is 0 Å². The maximum absolute atomic E-state index is 2.47. The van der Waals surface area contributed by atoms with E-state index in [-0.39, 0.29) is 10.8 Å². The number of benzene rings is 6. The molecule has 44 heavy (non-hydrogen) atoms. The van der Waals surface area contributed by atoms with Crippen LogP contribution in [0.1, 0.15) is 68.4 Å². The molecule has 6 aromatic carbocycles. The van der Waals surface area contributed by atoms with Crippen molar-refractivity contribution in [1.29, 1.82) is 0 Å². The van der Waals surface area contributed by atoms with Gasteiger partial charge in [0.1, 0.15) is 0 Å². The summed E-state index contributed by atoms with van der Waals surface area (Å²) in [5.41, 5.74) is 16.0. The molecule has 0 fully saturated rings. The van der Waals surface area contributed by atoms with Crippen LogP contribution in [0, 0.1) is 6.92 Å². The SMILES string of the molecule is CCC1(CC)c2ccc(N(c3cccc(C)c3)c3ccc4c(c3)C(C)(C)c3ccccc3-4)cc2-c2cc3ccccc3cc21. The number of rotatable bonds is 5. The van der Waals surface area contributed by atoms with Gasteiger partial charge >= 0.3 is 0 Å². The van der Waals surface area contributed by atoms with E-state index in [1.54, 1.807) is 0 Å². The Kier molecular flexibility index (Phi) is 5.94. The molecule has 0 heterocycles. The van der Waals surface area contributed by atoms with Crippen molar-refractivity contribution < 1.29 is 0 Å². The quantitative estimate of drug-likeness (QED) is 0.200. The second kappa shape index (κ2) is 9.69. The van der Waals surface area contributed by atoms with Gasteiger partial charge < -0.3 is 4.90 Å². The summed E-state index contributed by atoms with van der Waals surface area (Å²) >= 11 is 0. The lowest BCUT2D eigenvalue weighted by Crippen LogP contribution is -2.23. The van der Waals surface area contributed by atoms with Crippen molar-refractivity contribution >= 4 is 27.8 Å². The Bertz CT molecular complexity index is 2090. The van der Waals surface area contributed by atoms with Crippen LogP contribution in [0.3, 0.4) is 0 Å². The van der Waals surface area contributed by atoms with Crippen LogP contribution in [0.2, 0.25) is 0 Å². The van der Waals surface area contributed by atoms with Gasteiger partial charge in [-0.25, -0.2) is 0 Å². The molecule has 8 rings (SSSR count). The van der Waals surface area contributed by atoms with Crippen molar-refractivity contribution in [3.05, 3.63) is 149 Å². The van der Waals surface area contributed by atoms with Crippen LogP contribution in [0.5, 0.6) is 0 Å². The summed E-state index contributed by atoms with van der Waals surface area (Å²) in [6.07, 6.45) is 2.17. The summed E-state index contributed by atoms with van der Waals surface area (Å²) in [7, 11) is 0. The Labute approximate surface area is 261 Å². The first kappa shape index (κ1) is 27.0. The fraction of sp³-hybridized carbons (Fsp3) is 0.209. The van der Waals surface area contributed by atoms with E-state index in [4.69, 9.17) is 0 Å². The molecule has 0 saturated carbocycles. The molecule has 0 spiro atoms. The predicted octanol–water partition coefficient (Wildman–Crippen LogP) is 12.0. The largest absolute Gasteiger partial charge is 0.310 e. The summed E-state index contributed by atoms with van der Waals surface area (Å²) in [5.74, 6) is 0. The number of anilines is 3. The van der Waals surface area contributed by atoms with Gasteiger partial charge in [0.05, 0.1) is 0 Å². The Morgan fingerprint density at radius 2 is 1.11 bits per heavy atom. The number of fused-ring (bicyclic) bond motifs is 7. The molecular weight excluding hydrogens is 530 g/mol. The zero-order valence-corrected chi connectivity index (χ0v) is 26.4. The molecule has 0 aromatic heterocycles. The van der Waals surface area contributed by atoms with Gasteiger partial charge in [0.15, 0.2) is 0 Å². The Morgan fingerprint density at radius 3 is 1.89 bits per heavy atom. The van der Waals surface area contributed by atoms with Gasteiger partial charge in [0, 0.05) is 27.9 Å². The highest BCUT2D eigenvalue weighted by Gasteiger charge is 2.41. The molecule has 0 saturated heterocycles. The van der Waals surface area contributed by atoms with Crippen molar-refractivity contribution in [3.8, 4) is 22.3 Å². The lowest BCUT2D eigenvalue weighted by Gasteiger charge is -2.31. The maximum atomic E-state index is 2.47. The number of nitrogens with zero attached hydrogens (tertiary/aromatic N) is 1. The molecule has 0 radical (unpaired) electrons. The number of hydrogen-bond acceptors (Lipinski definition) is 1. The third-order valence-electron chi connectivity index (χ3n) is 10.8. The molecule has 2 aliphatic carbocycles. The summed E-state index contributed by atoms with van der Waals surface area (Å²) < 4.78 is 0. The molecule has 0 bridgehead atoms. The minimum Gasteiger partial charge on any atom is -0.310 e. The molecule has 0 atom stereocenters. The average Bonchev–Trinajstić information content (AvgIpc) is 3.45. The minimum atomic E-state index is -0.0556. The van der Waals surface area contributed by atoms with Crippen molar-refractivity contribution in [3.63, 3.8) is 0 Å². The van der Waals surface area contributed by atoms with Crippen molar-refractivity contribution in [2.75, 3.05) is 4.90 Å². The summed E-state index contributed by atoms with van der Waals surface area (Å²) in [5, 5.41) is 2.63. The lowest BCUT2D eigenvalue weighted by molar-refractivity contribution is 0.491. The fourth-order valence-corrected chi connectivity index (χ4v) is 8.37. The average molecular weight is 570 g/mol. The second-order valence-electron chi connectivity index (χ2n) is 13.3. The summed E-state index contributed by atoms with van der Waals surface area (Å²) in [6.45, 7) is 11.6. The van der Waals surface area contributed by atoms with E-state index < -0.39 is 0 Å². The Balaban J connectivity index is 1.35. The van der Waals surface area contributed by atoms with Crippen LogP contribution in [0.4, 0.5) is 17.1 Å². The van der Waals surface area contributed by atoms with Gasteiger partial charge in [-0.1, -0.05) is 100 Å². The van der Waals surface area contributed by atoms with E-state index in [1.165, 1.54) is 77.9 Å². The molecule has 0 N–H and O–H groups in total. The molecule has 0 unspecified atom stereocenters. The first-order chi connectivity index (χ1) is 21.4. The van der Waals surface area contributed by atoms with Crippen LogP contribution in [-0.4, -0.2) is 0 Å². The molecule has 0 aliphatic heterocycles. The van der Waals surface area contributed by atoms with Gasteiger partial charge in [-0.3, -0.25) is 0 Å². The standard InChI is InChI=1S/C43H39N/c1-6-43(7-2)39-22-20-32(26-37(39)36-24-29-14-8-9-15-30(29)25-41(36)43)44(31-16-12-13-28(3)23-31)33-19-21-35-34-17-10-11-18-38(34)42(4,5)40(35)27-33/h8-27H,6-7H2,1-5H3. The van der Waals surface area contributed by atoms with E-state index in [9.17, 15) is 0 Å². The highest BCUT2D eigenvalue weighted by molar-refractivity contribution is 5.95. The minimum absolute atomic E-state index is 0.0325. The normalized spacial score (nSPS) is 15.0. The Morgan fingerprint density at radius 1 is 0.477 bits per heavy atom. The number of aryl methyl sites for hydroxylation is 1. The third-order valence-corrected chi connectivity index (χ3v) is 10.8. The lowest BCUT2D eigenvalue weighted by atomic mass is 9.73. The van der Waals surface area contributed by atoms with E-state index >= 15 is 0 Å². The summed E-state index contributed by atoms with van der Waals surface area (Å²) in [6, 6.07) is 45.9. The van der Waals surface area contributed by atoms with E-state index in [0.717, 1.165) is 12.8 Å². The van der Waals surface area contributed by atoms with Crippen LogP contribution in [-0.2, 0) is 10.8 Å². The molecular formula is C43H39N. The van der Waals surface area contributed by atoms with E-state index in [0.29, 0.717) is 0 Å². The predicted molar refractivity (Wildman–Crippen MR) is 188 cm³/mol. The van der Waals surface area contributed by atoms with Crippen LogP contribution in [0.15, 0.2) is 121 Å². The highest BCUT2D eigenvalue weighted by Crippen LogP contribution is 2.55. The van der Waals surface area contributed by atoms with E-state index in [1.807, 2.05) is 0 Å². The second-order valence-corrected chi connectivity index (χ2v) is 13.3. The zero-order chi connectivity index (χ0) is 30.2. The van der Waals surface area contributed by atoms with Gasteiger partial charge in [-0.05, 0) is 129 Å². The topological polar surface area (TPSA) is 3.24 Å². The van der Waals surface area contributed by atoms with Crippen LogP contribution < -0.4 is 4.90 Å². The maximum Gasteiger partial charge on any atom is 0.0468 e. The van der Waals surface area contributed by atoms with Crippen molar-refractivity contribution in [2.45, 2.75) is 58.3 Å². The van der Waals surface area contributed by atoms with Crippen LogP contribution in [0.25, 0.3) is 33.0 Å². The van der Waals surface area contributed by atoms with Gasteiger partial charge in [-0.2, -0.15) is 0 Å². The Hall–Kier alpha value is -4.62. The summed E-state index contributed by atoms with van der Waals surface area (Å²) in [4.78, 5) is 2.46. The first-order valence-corrected chi connectivity index (χ1v) is 16.1. The number of hydrogen-bond donors (Lipinski definition) is 0. The molecule has 216 valence electrons. The van der Waals surface area contributed by atoms with Crippen LogP contribution >= 0.6 is 0 Å². The monoisotopic (exact) mass is 569 g/mol. The first-order valence-electron chi connectivity index (χ1n) is 16.1. The zero-order valence-electron chi connectivity index (χ0n) is 26.4. The molecule has 2 aliphatic rings. The van der Waals surface area contributed by atoms with Gasteiger partial charge in [0.2, 0.25) is 0 Å². The third kappa shape index (κ3) is 3.72.